The molecule has 0 radical (unpaired) electrons. The third-order valence-corrected chi connectivity index (χ3v) is 11.2. The number of rotatable bonds is 3. The zero-order valence-corrected chi connectivity index (χ0v) is 28.6. The molecule has 4 heterocycles. The molecule has 0 unspecified atom stereocenters. The third-order valence-electron chi connectivity index (χ3n) is 11.2. The molecule has 0 saturated heterocycles. The van der Waals surface area contributed by atoms with E-state index in [9.17, 15) is 0 Å². The number of fused-ring (bicyclic) bond motifs is 10. The summed E-state index contributed by atoms with van der Waals surface area (Å²) < 4.78 is 17.4. The van der Waals surface area contributed by atoms with E-state index in [0.29, 0.717) is 0 Å². The summed E-state index contributed by atoms with van der Waals surface area (Å²) in [4.78, 5) is 0. The summed E-state index contributed by atoms with van der Waals surface area (Å²) in [6.45, 7) is 0. The van der Waals surface area contributed by atoms with Crippen LogP contribution in [0.25, 0.3) is 77.3 Å². The first-order valence-corrected chi connectivity index (χ1v) is 18.1. The van der Waals surface area contributed by atoms with Gasteiger partial charge in [-0.1, -0.05) is 109 Å². The van der Waals surface area contributed by atoms with Crippen LogP contribution in [0.3, 0.4) is 0 Å². The highest BCUT2D eigenvalue weighted by atomic mass is 16.5. The van der Waals surface area contributed by atoms with E-state index in [1.807, 2.05) is 24.3 Å². The van der Waals surface area contributed by atoms with E-state index in [4.69, 9.17) is 9.47 Å². The second kappa shape index (κ2) is 10.7. The van der Waals surface area contributed by atoms with Crippen molar-refractivity contribution in [3.63, 3.8) is 0 Å². The summed E-state index contributed by atoms with van der Waals surface area (Å²) in [5.74, 6) is 3.56. The van der Waals surface area contributed by atoms with Crippen LogP contribution in [0.5, 0.6) is 23.0 Å². The molecular weight excluding hydrogens is 649 g/mol. The fraction of sp³-hybridized carbons (Fsp3) is 0.0204. The first kappa shape index (κ1) is 28.6. The van der Waals surface area contributed by atoms with Crippen LogP contribution < -0.4 is 9.47 Å². The number of allylic oxidation sites excluding steroid dienone is 6. The van der Waals surface area contributed by atoms with Gasteiger partial charge in [0, 0.05) is 21.5 Å². The van der Waals surface area contributed by atoms with Crippen LogP contribution in [0.2, 0.25) is 0 Å². The van der Waals surface area contributed by atoms with E-state index < -0.39 is 0 Å². The van der Waals surface area contributed by atoms with Crippen LogP contribution in [0, 0.1) is 0 Å². The summed E-state index contributed by atoms with van der Waals surface area (Å²) in [5.41, 5.74) is 14.1. The van der Waals surface area contributed by atoms with Crippen molar-refractivity contribution < 1.29 is 9.47 Å². The highest BCUT2D eigenvalue weighted by Crippen LogP contribution is 2.47. The molecule has 0 atom stereocenters. The van der Waals surface area contributed by atoms with Crippen molar-refractivity contribution in [1.29, 1.82) is 0 Å². The standard InChI is InChI=1S/C49H30N2O2/c1-2-10-33(35-24-26-41-39(29-35)37-12-8-18-47-49(37)51(41)43-14-4-6-16-45(43)53-47)27-32(9-1)30-19-21-31(22-20-30)34-23-25-40-38(28-34)36-11-7-17-46-48(36)50(40)42-13-3-5-15-44(42)52-46/h1-9,11-29H,10H2. The molecule has 4 nitrogen and oxygen atoms in total. The topological polar surface area (TPSA) is 28.3 Å². The fourth-order valence-electron chi connectivity index (χ4n) is 8.71. The summed E-state index contributed by atoms with van der Waals surface area (Å²) in [6, 6.07) is 52.0. The Hall–Kier alpha value is -7.04. The average molecular weight is 679 g/mol. The van der Waals surface area contributed by atoms with Crippen LogP contribution in [0.4, 0.5) is 0 Å². The number of para-hydroxylation sites is 6. The van der Waals surface area contributed by atoms with Crippen molar-refractivity contribution in [3.8, 4) is 45.5 Å². The molecule has 9 aromatic rings. The van der Waals surface area contributed by atoms with Gasteiger partial charge in [-0.3, -0.25) is 0 Å². The molecule has 0 spiro atoms. The first-order chi connectivity index (χ1) is 26.3. The third kappa shape index (κ3) is 4.12. The monoisotopic (exact) mass is 678 g/mol. The summed E-state index contributed by atoms with van der Waals surface area (Å²) in [5, 5.41) is 4.87. The van der Waals surface area contributed by atoms with Crippen LogP contribution in [0.15, 0.2) is 170 Å². The maximum absolute atomic E-state index is 6.35. The normalized spacial score (nSPS) is 14.0. The smallest absolute Gasteiger partial charge is 0.152 e. The number of ether oxygens (including phenoxy) is 2. The SMILES string of the molecule is C1=CCC(c2ccc3c(c2)c2cccc4c2n3-c2ccccc2O4)=CC(c2ccc(-c3ccc4c(c3)c3cccc5c3n4-c3ccccc3O5)cc2)=C1. The fourth-order valence-corrected chi connectivity index (χ4v) is 8.71. The van der Waals surface area contributed by atoms with Gasteiger partial charge in [-0.05, 0) is 100 Å². The summed E-state index contributed by atoms with van der Waals surface area (Å²) in [6.07, 6.45) is 9.90. The molecule has 7 aromatic carbocycles. The van der Waals surface area contributed by atoms with Crippen LogP contribution >= 0.6 is 0 Å². The molecule has 4 heteroatoms. The van der Waals surface area contributed by atoms with E-state index in [2.05, 4.69) is 155 Å². The number of hydrogen-bond donors (Lipinski definition) is 0. The lowest BCUT2D eigenvalue weighted by Crippen LogP contribution is -2.03. The lowest BCUT2D eigenvalue weighted by atomic mass is 9.95. The quantitative estimate of drug-likeness (QED) is 0.186. The van der Waals surface area contributed by atoms with Gasteiger partial charge in [0.25, 0.3) is 0 Å². The molecule has 2 aliphatic heterocycles. The molecule has 0 N–H and O–H groups in total. The lowest BCUT2D eigenvalue weighted by molar-refractivity contribution is 0.476. The second-order valence-corrected chi connectivity index (χ2v) is 14.1. The van der Waals surface area contributed by atoms with Crippen molar-refractivity contribution in [1.82, 2.24) is 9.13 Å². The summed E-state index contributed by atoms with van der Waals surface area (Å²) >= 11 is 0. The van der Waals surface area contributed by atoms with E-state index in [1.54, 1.807) is 0 Å². The maximum Gasteiger partial charge on any atom is 0.152 e. The Bertz CT molecular complexity index is 3130. The minimum Gasteiger partial charge on any atom is -0.453 e. The Morgan fingerprint density at radius 1 is 0.434 bits per heavy atom. The molecule has 0 fully saturated rings. The van der Waals surface area contributed by atoms with Gasteiger partial charge in [-0.2, -0.15) is 0 Å². The molecule has 3 aliphatic rings. The van der Waals surface area contributed by atoms with E-state index in [0.717, 1.165) is 51.8 Å². The molecule has 0 amide bonds. The van der Waals surface area contributed by atoms with Gasteiger partial charge in [0.15, 0.2) is 23.0 Å². The highest BCUT2D eigenvalue weighted by molar-refractivity contribution is 6.14. The maximum atomic E-state index is 6.35. The zero-order chi connectivity index (χ0) is 34.6. The highest BCUT2D eigenvalue weighted by Gasteiger charge is 2.25. The van der Waals surface area contributed by atoms with E-state index >= 15 is 0 Å². The zero-order valence-electron chi connectivity index (χ0n) is 28.6. The summed E-state index contributed by atoms with van der Waals surface area (Å²) in [7, 11) is 0. The predicted molar refractivity (Wildman–Crippen MR) is 217 cm³/mol. The Morgan fingerprint density at radius 3 is 1.60 bits per heavy atom. The van der Waals surface area contributed by atoms with Crippen molar-refractivity contribution in [2.75, 3.05) is 0 Å². The Labute approximate surface area is 305 Å². The number of benzene rings is 7. The lowest BCUT2D eigenvalue weighted by Gasteiger charge is -2.20. The minimum atomic E-state index is 0.865. The predicted octanol–water partition coefficient (Wildman–Crippen LogP) is 13.2. The molecule has 1 aliphatic carbocycles. The Balaban J connectivity index is 0.911. The van der Waals surface area contributed by atoms with Crippen molar-refractivity contribution in [2.24, 2.45) is 0 Å². The number of nitrogens with zero attached hydrogens (tertiary/aromatic N) is 2. The number of aromatic nitrogens is 2. The minimum absolute atomic E-state index is 0.865. The van der Waals surface area contributed by atoms with E-state index in [1.165, 1.54) is 66.0 Å². The molecule has 248 valence electrons. The molecule has 0 bridgehead atoms. The molecule has 53 heavy (non-hydrogen) atoms. The van der Waals surface area contributed by atoms with Crippen molar-refractivity contribution >= 4 is 54.8 Å². The van der Waals surface area contributed by atoms with Crippen LogP contribution in [-0.2, 0) is 0 Å². The largest absolute Gasteiger partial charge is 0.453 e. The average Bonchev–Trinajstić information content (AvgIpc) is 3.60. The van der Waals surface area contributed by atoms with Crippen molar-refractivity contribution in [2.45, 2.75) is 6.42 Å². The van der Waals surface area contributed by atoms with Gasteiger partial charge in [0.2, 0.25) is 0 Å². The van der Waals surface area contributed by atoms with Gasteiger partial charge >= 0.3 is 0 Å². The molecular formula is C49H30N2O2. The molecule has 0 saturated carbocycles. The van der Waals surface area contributed by atoms with Gasteiger partial charge < -0.3 is 18.6 Å². The second-order valence-electron chi connectivity index (χ2n) is 14.1. The molecule has 12 rings (SSSR count). The number of hydrogen-bond acceptors (Lipinski definition) is 2. The van der Waals surface area contributed by atoms with Gasteiger partial charge in [-0.15, -0.1) is 0 Å². The molecule has 2 aromatic heterocycles. The Kier molecular flexibility index (Phi) is 5.80. The van der Waals surface area contributed by atoms with Crippen LogP contribution in [-0.4, -0.2) is 9.13 Å². The Morgan fingerprint density at radius 2 is 0.962 bits per heavy atom. The van der Waals surface area contributed by atoms with Crippen LogP contribution in [0.1, 0.15) is 17.5 Å². The van der Waals surface area contributed by atoms with Gasteiger partial charge in [0.05, 0.1) is 33.4 Å². The van der Waals surface area contributed by atoms with Crippen molar-refractivity contribution in [3.05, 3.63) is 181 Å². The van der Waals surface area contributed by atoms with Gasteiger partial charge in [0.1, 0.15) is 0 Å². The van der Waals surface area contributed by atoms with Gasteiger partial charge in [-0.25, -0.2) is 0 Å². The first-order valence-electron chi connectivity index (χ1n) is 18.1. The van der Waals surface area contributed by atoms with E-state index in [-0.39, 0.29) is 0 Å².